The molecule has 1 heterocycles. The minimum Gasteiger partial charge on any atom is -0.390 e. The molecule has 0 saturated carbocycles. The lowest BCUT2D eigenvalue weighted by atomic mass is 10.2. The molecule has 0 radical (unpaired) electrons. The molecule has 1 aromatic heterocycles. The van der Waals surface area contributed by atoms with Crippen LogP contribution in [-0.4, -0.2) is 32.8 Å². The number of rotatable bonds is 4. The van der Waals surface area contributed by atoms with Crippen LogP contribution < -0.4 is 0 Å². The number of aliphatic hydroxyl groups is 2. The van der Waals surface area contributed by atoms with Crippen LogP contribution in [0.15, 0.2) is 17.5 Å². The van der Waals surface area contributed by atoms with Crippen molar-refractivity contribution in [3.8, 4) is 0 Å². The quantitative estimate of drug-likeness (QED) is 0.452. The second-order valence-corrected chi connectivity index (χ2v) is 3.12. The van der Waals surface area contributed by atoms with Crippen LogP contribution >= 0.6 is 11.6 Å². The Morgan fingerprint density at radius 3 is 2.60 bits per heavy atom. The first-order valence-corrected chi connectivity index (χ1v) is 4.37. The van der Waals surface area contributed by atoms with Gasteiger partial charge in [0, 0.05) is 17.3 Å². The summed E-state index contributed by atoms with van der Waals surface area (Å²) in [7, 11) is 0. The Hall–Kier alpha value is -1.40. The van der Waals surface area contributed by atoms with Crippen molar-refractivity contribution in [1.82, 2.24) is 9.97 Å². The Morgan fingerprint density at radius 2 is 2.07 bits per heavy atom. The number of azide groups is 1. The van der Waals surface area contributed by atoms with Gasteiger partial charge in [0.1, 0.15) is 6.10 Å². The van der Waals surface area contributed by atoms with Gasteiger partial charge in [-0.25, -0.2) is 9.97 Å². The summed E-state index contributed by atoms with van der Waals surface area (Å²) < 4.78 is 0. The molecule has 0 aliphatic carbocycles. The molecular weight excluding hydrogens is 222 g/mol. The molecule has 15 heavy (non-hydrogen) atoms. The Balaban J connectivity index is 2.70. The molecule has 0 aliphatic rings. The van der Waals surface area contributed by atoms with Crippen LogP contribution in [0.2, 0.25) is 5.02 Å². The first-order valence-electron chi connectivity index (χ1n) is 3.99. The van der Waals surface area contributed by atoms with E-state index in [2.05, 4.69) is 20.0 Å². The van der Waals surface area contributed by atoms with Gasteiger partial charge in [0.25, 0.3) is 0 Å². The molecule has 0 saturated heterocycles. The summed E-state index contributed by atoms with van der Waals surface area (Å²) in [5.74, 6) is 0.0278. The lowest BCUT2D eigenvalue weighted by Crippen LogP contribution is -2.22. The van der Waals surface area contributed by atoms with E-state index in [4.69, 9.17) is 17.1 Å². The third-order valence-electron chi connectivity index (χ3n) is 1.60. The van der Waals surface area contributed by atoms with Gasteiger partial charge in [-0.2, -0.15) is 0 Å². The van der Waals surface area contributed by atoms with E-state index in [1.807, 2.05) is 0 Å². The van der Waals surface area contributed by atoms with Crippen LogP contribution in [0, 0.1) is 0 Å². The molecule has 2 atom stereocenters. The van der Waals surface area contributed by atoms with Crippen molar-refractivity contribution < 1.29 is 10.2 Å². The second kappa shape index (κ2) is 5.47. The summed E-state index contributed by atoms with van der Waals surface area (Å²) in [5, 5.41) is 22.3. The summed E-state index contributed by atoms with van der Waals surface area (Å²) in [4.78, 5) is 9.90. The number of aliphatic hydroxyl groups excluding tert-OH is 2. The van der Waals surface area contributed by atoms with Crippen LogP contribution in [0.25, 0.3) is 10.4 Å². The van der Waals surface area contributed by atoms with Gasteiger partial charge in [0.2, 0.25) is 0 Å². The zero-order valence-corrected chi connectivity index (χ0v) is 8.28. The van der Waals surface area contributed by atoms with Gasteiger partial charge in [-0.05, 0) is 5.53 Å². The van der Waals surface area contributed by atoms with Crippen molar-refractivity contribution in [2.45, 2.75) is 12.2 Å². The van der Waals surface area contributed by atoms with Gasteiger partial charge in [0.05, 0.1) is 17.7 Å². The third-order valence-corrected chi connectivity index (χ3v) is 1.80. The Morgan fingerprint density at radius 1 is 1.47 bits per heavy atom. The fraction of sp³-hybridized carbons (Fsp3) is 0.429. The highest BCUT2D eigenvalue weighted by Gasteiger charge is 2.19. The molecule has 1 rings (SSSR count). The molecule has 2 N–H and O–H groups in total. The Kier molecular flexibility index (Phi) is 4.26. The number of halogens is 1. The van der Waals surface area contributed by atoms with Gasteiger partial charge in [-0.3, -0.25) is 0 Å². The molecular formula is C7H8ClN5O2. The van der Waals surface area contributed by atoms with Gasteiger partial charge >= 0.3 is 0 Å². The summed E-state index contributed by atoms with van der Waals surface area (Å²) in [6.07, 6.45) is 0.0654. The molecule has 7 nitrogen and oxygen atoms in total. The minimum absolute atomic E-state index is 0.0278. The van der Waals surface area contributed by atoms with Crippen molar-refractivity contribution in [2.75, 3.05) is 6.54 Å². The molecule has 1 aromatic rings. The molecule has 0 amide bonds. The lowest BCUT2D eigenvalue weighted by Gasteiger charge is -2.13. The van der Waals surface area contributed by atoms with Crippen molar-refractivity contribution in [2.24, 2.45) is 5.11 Å². The largest absolute Gasteiger partial charge is 0.390 e. The minimum atomic E-state index is -1.30. The van der Waals surface area contributed by atoms with Gasteiger partial charge in [-0.15, -0.1) is 0 Å². The van der Waals surface area contributed by atoms with E-state index in [1.165, 1.54) is 12.4 Å². The molecule has 80 valence electrons. The van der Waals surface area contributed by atoms with E-state index in [1.54, 1.807) is 0 Å². The number of hydrogen-bond acceptors (Lipinski definition) is 5. The third kappa shape index (κ3) is 3.34. The molecule has 0 aromatic carbocycles. The van der Waals surface area contributed by atoms with Crippen LogP contribution in [0.3, 0.4) is 0 Å². The van der Waals surface area contributed by atoms with Crippen LogP contribution in [0.4, 0.5) is 0 Å². The predicted octanol–water partition coefficient (Wildman–Crippen LogP) is 0.835. The fourth-order valence-electron chi connectivity index (χ4n) is 0.867. The van der Waals surface area contributed by atoms with Crippen LogP contribution in [0.1, 0.15) is 11.9 Å². The molecule has 8 heteroatoms. The fourth-order valence-corrected chi connectivity index (χ4v) is 0.965. The normalized spacial score (nSPS) is 14.1. The molecule has 2 unspecified atom stereocenters. The zero-order valence-electron chi connectivity index (χ0n) is 7.52. The zero-order chi connectivity index (χ0) is 11.3. The van der Waals surface area contributed by atoms with Crippen LogP contribution in [0.5, 0.6) is 0 Å². The Labute approximate surface area is 90.0 Å². The smallest absolute Gasteiger partial charge is 0.159 e. The van der Waals surface area contributed by atoms with Crippen molar-refractivity contribution >= 4 is 11.6 Å². The first-order chi connectivity index (χ1) is 7.15. The van der Waals surface area contributed by atoms with E-state index < -0.39 is 12.2 Å². The monoisotopic (exact) mass is 229 g/mol. The summed E-state index contributed by atoms with van der Waals surface area (Å²) in [6, 6.07) is 0. The molecule has 0 bridgehead atoms. The highest BCUT2D eigenvalue weighted by molar-refractivity contribution is 6.30. The summed E-state index contributed by atoms with van der Waals surface area (Å²) >= 11 is 5.54. The maximum absolute atomic E-state index is 9.51. The van der Waals surface area contributed by atoms with Crippen molar-refractivity contribution in [1.29, 1.82) is 0 Å². The van der Waals surface area contributed by atoms with E-state index in [0.29, 0.717) is 5.02 Å². The number of hydrogen-bond donors (Lipinski definition) is 2. The maximum atomic E-state index is 9.51. The topological polar surface area (TPSA) is 115 Å². The summed E-state index contributed by atoms with van der Waals surface area (Å²) in [6.45, 7) is -0.246. The second-order valence-electron chi connectivity index (χ2n) is 2.69. The van der Waals surface area contributed by atoms with Gasteiger partial charge in [-0.1, -0.05) is 16.7 Å². The van der Waals surface area contributed by atoms with E-state index in [-0.39, 0.29) is 12.4 Å². The number of aromatic nitrogens is 2. The molecule has 0 spiro atoms. The standard InChI is InChI=1S/C7H8ClN5O2/c8-4-1-10-7(11-2-4)6(15)5(14)3-12-13-9/h1-2,5-6,14-15H,3H2. The van der Waals surface area contributed by atoms with E-state index in [0.717, 1.165) is 0 Å². The SMILES string of the molecule is [N-]=[N+]=NCC(O)C(O)c1ncc(Cl)cn1. The predicted molar refractivity (Wildman–Crippen MR) is 52.0 cm³/mol. The van der Waals surface area contributed by atoms with Gasteiger partial charge < -0.3 is 10.2 Å². The average Bonchev–Trinajstić information content (AvgIpc) is 2.26. The number of nitrogens with zero attached hydrogens (tertiary/aromatic N) is 5. The first kappa shape index (κ1) is 11.7. The summed E-state index contributed by atoms with van der Waals surface area (Å²) in [5.41, 5.74) is 8.02. The highest BCUT2D eigenvalue weighted by atomic mass is 35.5. The van der Waals surface area contributed by atoms with Crippen molar-refractivity contribution in [3.63, 3.8) is 0 Å². The van der Waals surface area contributed by atoms with E-state index in [9.17, 15) is 10.2 Å². The lowest BCUT2D eigenvalue weighted by molar-refractivity contribution is 0.0189. The average molecular weight is 230 g/mol. The maximum Gasteiger partial charge on any atom is 0.159 e. The van der Waals surface area contributed by atoms with Gasteiger partial charge in [0.15, 0.2) is 5.82 Å². The Bertz CT molecular complexity index is 364. The molecule has 0 aliphatic heterocycles. The highest BCUT2D eigenvalue weighted by Crippen LogP contribution is 2.13. The molecule has 0 fully saturated rings. The van der Waals surface area contributed by atoms with Crippen molar-refractivity contribution in [3.05, 3.63) is 33.7 Å². The van der Waals surface area contributed by atoms with E-state index >= 15 is 0 Å². The van der Waals surface area contributed by atoms with Crippen LogP contribution in [-0.2, 0) is 0 Å².